The van der Waals surface area contributed by atoms with Crippen molar-refractivity contribution in [1.82, 2.24) is 14.9 Å². The van der Waals surface area contributed by atoms with Crippen molar-refractivity contribution >= 4 is 34.2 Å². The molecule has 0 radical (unpaired) electrons. The second-order valence-electron chi connectivity index (χ2n) is 6.51. The van der Waals surface area contributed by atoms with Gasteiger partial charge in [0.15, 0.2) is 5.13 Å². The summed E-state index contributed by atoms with van der Waals surface area (Å²) in [5.41, 5.74) is 1.68. The molecule has 2 aromatic heterocycles. The number of nitrogens with zero attached hydrogens (tertiary/aromatic N) is 3. The van der Waals surface area contributed by atoms with Gasteiger partial charge in [-0.05, 0) is 38.8 Å². The molecular formula is C20H24N4O3S. The molecule has 0 fully saturated rings. The second-order valence-corrected chi connectivity index (χ2v) is 7.75. The number of amides is 1. The van der Waals surface area contributed by atoms with Gasteiger partial charge in [-0.15, -0.1) is 11.3 Å². The Bertz CT molecular complexity index is 878. The van der Waals surface area contributed by atoms with Crippen molar-refractivity contribution in [3.63, 3.8) is 0 Å². The highest BCUT2D eigenvalue weighted by molar-refractivity contribution is 7.15. The van der Waals surface area contributed by atoms with Gasteiger partial charge >= 0.3 is 5.97 Å². The van der Waals surface area contributed by atoms with E-state index in [2.05, 4.69) is 21.4 Å². The molecule has 3 heterocycles. The number of anilines is 2. The van der Waals surface area contributed by atoms with Gasteiger partial charge in [-0.3, -0.25) is 9.59 Å². The normalized spacial score (nSPS) is 13.8. The van der Waals surface area contributed by atoms with E-state index in [1.165, 1.54) is 11.3 Å². The molecule has 7 nitrogen and oxygen atoms in total. The molecule has 28 heavy (non-hydrogen) atoms. The molecule has 0 saturated heterocycles. The van der Waals surface area contributed by atoms with Crippen LogP contribution in [0.5, 0.6) is 0 Å². The number of carbonyl (C=O) groups is 2. The maximum absolute atomic E-state index is 12.9. The number of aromatic nitrogens is 2. The van der Waals surface area contributed by atoms with Gasteiger partial charge in [-0.1, -0.05) is 11.6 Å². The van der Waals surface area contributed by atoms with Crippen LogP contribution in [0.3, 0.4) is 0 Å². The number of hydrogen-bond donors (Lipinski definition) is 1. The van der Waals surface area contributed by atoms with E-state index in [0.717, 1.165) is 22.0 Å². The van der Waals surface area contributed by atoms with Crippen molar-refractivity contribution in [3.05, 3.63) is 46.6 Å². The molecule has 0 saturated carbocycles. The lowest BCUT2D eigenvalue weighted by Crippen LogP contribution is -2.36. The van der Waals surface area contributed by atoms with Gasteiger partial charge < -0.3 is 15.0 Å². The minimum absolute atomic E-state index is 0.0393. The Balaban J connectivity index is 1.61. The van der Waals surface area contributed by atoms with Crippen molar-refractivity contribution in [2.24, 2.45) is 0 Å². The molecule has 1 amide bonds. The number of hydrogen-bond acceptors (Lipinski definition) is 7. The van der Waals surface area contributed by atoms with E-state index in [-0.39, 0.29) is 11.9 Å². The monoisotopic (exact) mass is 400 g/mol. The van der Waals surface area contributed by atoms with E-state index < -0.39 is 0 Å². The van der Waals surface area contributed by atoms with Crippen LogP contribution in [-0.4, -0.2) is 46.4 Å². The quantitative estimate of drug-likeness (QED) is 0.563. The Morgan fingerprint density at radius 3 is 2.96 bits per heavy atom. The molecule has 3 rings (SSSR count). The Labute approximate surface area is 168 Å². The van der Waals surface area contributed by atoms with E-state index in [0.29, 0.717) is 43.9 Å². The number of nitrogens with one attached hydrogen (secondary N) is 1. The SMILES string of the molecule is CCOC(=O)CCC1=CCCN(C(=O)c2ccnc(Nc3ncc(C)s3)c2)C1. The first-order valence-electron chi connectivity index (χ1n) is 9.33. The van der Waals surface area contributed by atoms with Crippen LogP contribution in [0.2, 0.25) is 0 Å². The fraction of sp³-hybridized carbons (Fsp3) is 0.400. The lowest BCUT2D eigenvalue weighted by Gasteiger charge is -2.27. The molecule has 0 spiro atoms. The number of carbonyl (C=O) groups excluding carboxylic acids is 2. The van der Waals surface area contributed by atoms with Crippen LogP contribution >= 0.6 is 11.3 Å². The van der Waals surface area contributed by atoms with Crippen LogP contribution in [0, 0.1) is 6.92 Å². The van der Waals surface area contributed by atoms with Gasteiger partial charge in [-0.25, -0.2) is 9.97 Å². The van der Waals surface area contributed by atoms with Gasteiger partial charge in [0.25, 0.3) is 5.91 Å². The van der Waals surface area contributed by atoms with Crippen LogP contribution in [0.4, 0.5) is 10.9 Å². The number of esters is 1. The zero-order valence-electron chi connectivity index (χ0n) is 16.1. The Morgan fingerprint density at radius 1 is 1.36 bits per heavy atom. The summed E-state index contributed by atoms with van der Waals surface area (Å²) < 4.78 is 4.98. The summed E-state index contributed by atoms with van der Waals surface area (Å²) in [7, 11) is 0. The molecule has 0 aromatic carbocycles. The molecule has 2 aromatic rings. The minimum atomic E-state index is -0.200. The van der Waals surface area contributed by atoms with E-state index in [1.54, 1.807) is 31.5 Å². The molecule has 0 bridgehead atoms. The Morgan fingerprint density at radius 2 is 2.21 bits per heavy atom. The van der Waals surface area contributed by atoms with Crippen LogP contribution in [0.15, 0.2) is 36.2 Å². The smallest absolute Gasteiger partial charge is 0.306 e. The molecule has 0 unspecified atom stereocenters. The standard InChI is InChI=1S/C20H24N4O3S/c1-3-27-18(25)7-6-15-5-4-10-24(13-15)19(26)16-8-9-21-17(11-16)23-20-22-12-14(2)28-20/h5,8-9,11-12H,3-4,6-7,10,13H2,1-2H3,(H,21,22,23). The largest absolute Gasteiger partial charge is 0.466 e. The highest BCUT2D eigenvalue weighted by Gasteiger charge is 2.20. The van der Waals surface area contributed by atoms with Gasteiger partial charge in [0.1, 0.15) is 5.82 Å². The van der Waals surface area contributed by atoms with Crippen LogP contribution in [-0.2, 0) is 9.53 Å². The van der Waals surface area contributed by atoms with E-state index in [4.69, 9.17) is 4.74 Å². The summed E-state index contributed by atoms with van der Waals surface area (Å²) in [5.74, 6) is 0.354. The Hall–Kier alpha value is -2.74. The van der Waals surface area contributed by atoms with Crippen molar-refractivity contribution < 1.29 is 14.3 Å². The van der Waals surface area contributed by atoms with Gasteiger partial charge in [0.05, 0.1) is 6.61 Å². The zero-order valence-corrected chi connectivity index (χ0v) is 16.9. The number of ether oxygens (including phenoxy) is 1. The molecule has 148 valence electrons. The number of aryl methyl sites for hydroxylation is 1. The maximum Gasteiger partial charge on any atom is 0.306 e. The number of rotatable bonds is 7. The van der Waals surface area contributed by atoms with Crippen molar-refractivity contribution in [2.75, 3.05) is 25.0 Å². The first-order valence-corrected chi connectivity index (χ1v) is 10.1. The van der Waals surface area contributed by atoms with Crippen molar-refractivity contribution in [2.45, 2.75) is 33.1 Å². The predicted octanol–water partition coefficient (Wildman–Crippen LogP) is 3.71. The van der Waals surface area contributed by atoms with Crippen molar-refractivity contribution in [3.8, 4) is 0 Å². The fourth-order valence-corrected chi connectivity index (χ4v) is 3.67. The van der Waals surface area contributed by atoms with Crippen LogP contribution < -0.4 is 5.32 Å². The zero-order chi connectivity index (χ0) is 19.9. The van der Waals surface area contributed by atoms with E-state index >= 15 is 0 Å². The van der Waals surface area contributed by atoms with Gasteiger partial charge in [0.2, 0.25) is 0 Å². The lowest BCUT2D eigenvalue weighted by atomic mass is 10.0. The molecule has 0 aliphatic carbocycles. The molecular weight excluding hydrogens is 376 g/mol. The topological polar surface area (TPSA) is 84.4 Å². The summed E-state index contributed by atoms with van der Waals surface area (Å²) in [6.07, 6.45) is 7.29. The molecule has 8 heteroatoms. The summed E-state index contributed by atoms with van der Waals surface area (Å²) in [6, 6.07) is 3.47. The average Bonchev–Trinajstić information content (AvgIpc) is 3.11. The maximum atomic E-state index is 12.9. The van der Waals surface area contributed by atoms with Crippen LogP contribution in [0.1, 0.15) is 41.4 Å². The molecule has 0 atom stereocenters. The van der Waals surface area contributed by atoms with E-state index in [9.17, 15) is 9.59 Å². The average molecular weight is 401 g/mol. The summed E-state index contributed by atoms with van der Waals surface area (Å²) in [5, 5.41) is 3.89. The summed E-state index contributed by atoms with van der Waals surface area (Å²) in [6.45, 7) is 5.38. The highest BCUT2D eigenvalue weighted by atomic mass is 32.1. The minimum Gasteiger partial charge on any atom is -0.466 e. The summed E-state index contributed by atoms with van der Waals surface area (Å²) in [4.78, 5) is 35.9. The second kappa shape index (κ2) is 9.45. The molecule has 1 aliphatic heterocycles. The Kier molecular flexibility index (Phi) is 6.76. The first kappa shape index (κ1) is 20.0. The fourth-order valence-electron chi connectivity index (χ4n) is 3.00. The highest BCUT2D eigenvalue weighted by Crippen LogP contribution is 2.22. The summed E-state index contributed by atoms with van der Waals surface area (Å²) >= 11 is 1.53. The number of pyridine rings is 1. The van der Waals surface area contributed by atoms with Gasteiger partial charge in [0, 0.05) is 42.3 Å². The van der Waals surface area contributed by atoms with Crippen LogP contribution in [0.25, 0.3) is 0 Å². The molecule has 1 N–H and O–H groups in total. The van der Waals surface area contributed by atoms with Crippen molar-refractivity contribution in [1.29, 1.82) is 0 Å². The van der Waals surface area contributed by atoms with E-state index in [1.807, 2.05) is 11.8 Å². The third-order valence-electron chi connectivity index (χ3n) is 4.33. The van der Waals surface area contributed by atoms with Gasteiger partial charge in [-0.2, -0.15) is 0 Å². The third-order valence-corrected chi connectivity index (χ3v) is 5.16. The third kappa shape index (κ3) is 5.39. The number of thiazole rings is 1. The predicted molar refractivity (Wildman–Crippen MR) is 109 cm³/mol. The first-order chi connectivity index (χ1) is 13.5. The molecule has 1 aliphatic rings. The lowest BCUT2D eigenvalue weighted by molar-refractivity contribution is -0.143.